The predicted molar refractivity (Wildman–Crippen MR) is 72.2 cm³/mol. The largest absolute Gasteiger partial charge is 0.332 e. The Morgan fingerprint density at radius 3 is 3.06 bits per heavy atom. The molecule has 0 bridgehead atoms. The Morgan fingerprint density at radius 1 is 1.47 bits per heavy atom. The van der Waals surface area contributed by atoms with Gasteiger partial charge in [-0.25, -0.2) is 4.98 Å². The highest BCUT2D eigenvalue weighted by Gasteiger charge is 2.01. The molecule has 0 aromatic carbocycles. The van der Waals surface area contributed by atoms with E-state index in [1.807, 2.05) is 6.33 Å². The summed E-state index contributed by atoms with van der Waals surface area (Å²) < 4.78 is 2.14. The van der Waals surface area contributed by atoms with Gasteiger partial charge in [0.1, 0.15) is 0 Å². The van der Waals surface area contributed by atoms with Crippen LogP contribution in [0.15, 0.2) is 30.0 Å². The second-order valence-electron chi connectivity index (χ2n) is 4.64. The topological polar surface area (TPSA) is 29.9 Å². The molecule has 2 aromatic heterocycles. The van der Waals surface area contributed by atoms with Crippen LogP contribution in [0.3, 0.4) is 0 Å². The van der Waals surface area contributed by atoms with Crippen LogP contribution in [0.25, 0.3) is 0 Å². The molecule has 0 atom stereocenters. The first-order chi connectivity index (χ1) is 8.24. The van der Waals surface area contributed by atoms with Gasteiger partial charge in [0.2, 0.25) is 0 Å². The maximum absolute atomic E-state index is 4.40. The third-order valence-corrected chi connectivity index (χ3v) is 3.33. The molecule has 92 valence electrons. The first-order valence-corrected chi connectivity index (χ1v) is 6.86. The van der Waals surface area contributed by atoms with Crippen LogP contribution in [-0.4, -0.2) is 16.1 Å². The maximum Gasteiger partial charge on any atom is 0.0953 e. The molecule has 0 amide bonds. The molecular formula is C13H19N3S. The van der Waals surface area contributed by atoms with Gasteiger partial charge in [0.25, 0.3) is 0 Å². The van der Waals surface area contributed by atoms with E-state index in [1.165, 1.54) is 4.88 Å². The van der Waals surface area contributed by atoms with Gasteiger partial charge < -0.3 is 9.88 Å². The summed E-state index contributed by atoms with van der Waals surface area (Å²) in [7, 11) is 0. The summed E-state index contributed by atoms with van der Waals surface area (Å²) in [6.45, 7) is 7.24. The molecule has 0 spiro atoms. The van der Waals surface area contributed by atoms with Crippen molar-refractivity contribution < 1.29 is 0 Å². The lowest BCUT2D eigenvalue weighted by molar-refractivity contribution is 0.548. The zero-order valence-electron chi connectivity index (χ0n) is 10.4. The minimum Gasteiger partial charge on any atom is -0.332 e. The van der Waals surface area contributed by atoms with Crippen LogP contribution in [-0.2, 0) is 13.1 Å². The summed E-state index contributed by atoms with van der Waals surface area (Å²) in [5.74, 6) is 0.684. The van der Waals surface area contributed by atoms with Crippen LogP contribution >= 0.6 is 11.3 Å². The molecule has 2 aromatic rings. The van der Waals surface area contributed by atoms with Crippen molar-refractivity contribution in [1.82, 2.24) is 14.9 Å². The van der Waals surface area contributed by atoms with Gasteiger partial charge in [-0.15, -0.1) is 11.3 Å². The Bertz CT molecular complexity index is 431. The van der Waals surface area contributed by atoms with Gasteiger partial charge in [-0.3, -0.25) is 0 Å². The van der Waals surface area contributed by atoms with Crippen LogP contribution in [0.1, 0.15) is 24.4 Å². The van der Waals surface area contributed by atoms with Crippen molar-refractivity contribution >= 4 is 11.3 Å². The number of aromatic nitrogens is 2. The first-order valence-electron chi connectivity index (χ1n) is 5.98. The number of nitrogens with one attached hydrogen (secondary N) is 1. The van der Waals surface area contributed by atoms with Crippen molar-refractivity contribution in [2.24, 2.45) is 5.92 Å². The predicted octanol–water partition coefficient (Wildman–Crippen LogP) is 2.74. The van der Waals surface area contributed by atoms with Crippen molar-refractivity contribution in [3.8, 4) is 0 Å². The van der Waals surface area contributed by atoms with Gasteiger partial charge in [-0.05, 0) is 23.9 Å². The summed E-state index contributed by atoms with van der Waals surface area (Å²) >= 11 is 1.78. The van der Waals surface area contributed by atoms with Crippen molar-refractivity contribution in [2.45, 2.75) is 26.9 Å². The van der Waals surface area contributed by atoms with E-state index >= 15 is 0 Å². The Labute approximate surface area is 107 Å². The van der Waals surface area contributed by atoms with Crippen LogP contribution < -0.4 is 5.32 Å². The zero-order chi connectivity index (χ0) is 12.1. The normalized spacial score (nSPS) is 11.2. The van der Waals surface area contributed by atoms with E-state index in [-0.39, 0.29) is 0 Å². The summed E-state index contributed by atoms with van der Waals surface area (Å²) in [6.07, 6.45) is 4.03. The van der Waals surface area contributed by atoms with E-state index in [1.54, 1.807) is 11.3 Å². The highest BCUT2D eigenvalue weighted by molar-refractivity contribution is 7.09. The number of imidazole rings is 1. The molecule has 0 aliphatic heterocycles. The SMILES string of the molecule is CC(C)CNCc1cn(Cc2cccs2)cn1. The quantitative estimate of drug-likeness (QED) is 0.853. The Balaban J connectivity index is 1.83. The highest BCUT2D eigenvalue weighted by Crippen LogP contribution is 2.10. The number of hydrogen-bond donors (Lipinski definition) is 1. The van der Waals surface area contributed by atoms with Gasteiger partial charge in [0.15, 0.2) is 0 Å². The molecule has 2 heterocycles. The highest BCUT2D eigenvalue weighted by atomic mass is 32.1. The molecule has 0 unspecified atom stereocenters. The van der Waals surface area contributed by atoms with Crippen molar-refractivity contribution in [3.63, 3.8) is 0 Å². The summed E-state index contributed by atoms with van der Waals surface area (Å²) in [4.78, 5) is 5.76. The van der Waals surface area contributed by atoms with E-state index in [0.29, 0.717) is 5.92 Å². The van der Waals surface area contributed by atoms with E-state index in [4.69, 9.17) is 0 Å². The monoisotopic (exact) mass is 249 g/mol. The molecule has 3 nitrogen and oxygen atoms in total. The van der Waals surface area contributed by atoms with E-state index in [2.05, 4.69) is 52.4 Å². The molecule has 4 heteroatoms. The number of nitrogens with zero attached hydrogens (tertiary/aromatic N) is 2. The molecule has 0 aliphatic carbocycles. The van der Waals surface area contributed by atoms with Crippen molar-refractivity contribution in [2.75, 3.05) is 6.54 Å². The summed E-state index contributed by atoms with van der Waals surface area (Å²) in [5.41, 5.74) is 1.11. The van der Waals surface area contributed by atoms with Crippen LogP contribution in [0.5, 0.6) is 0 Å². The molecule has 0 saturated heterocycles. The molecule has 2 rings (SSSR count). The first kappa shape index (κ1) is 12.3. The van der Waals surface area contributed by atoms with Gasteiger partial charge in [-0.1, -0.05) is 19.9 Å². The standard InChI is InChI=1S/C13H19N3S/c1-11(2)6-14-7-12-8-16(10-15-12)9-13-4-3-5-17-13/h3-5,8,10-11,14H,6-7,9H2,1-2H3. The molecule has 0 aliphatic rings. The molecule has 0 radical (unpaired) electrons. The third kappa shape index (κ3) is 3.98. The fourth-order valence-corrected chi connectivity index (χ4v) is 2.37. The Kier molecular flexibility index (Phi) is 4.34. The van der Waals surface area contributed by atoms with Crippen LogP contribution in [0.2, 0.25) is 0 Å². The fourth-order valence-electron chi connectivity index (χ4n) is 1.66. The summed E-state index contributed by atoms with van der Waals surface area (Å²) in [5, 5.41) is 5.51. The van der Waals surface area contributed by atoms with E-state index in [0.717, 1.165) is 25.3 Å². The molecule has 17 heavy (non-hydrogen) atoms. The Morgan fingerprint density at radius 2 is 2.35 bits per heavy atom. The van der Waals surface area contributed by atoms with E-state index in [9.17, 15) is 0 Å². The number of rotatable bonds is 6. The zero-order valence-corrected chi connectivity index (χ0v) is 11.2. The summed E-state index contributed by atoms with van der Waals surface area (Å²) in [6, 6.07) is 4.24. The molecule has 0 fully saturated rings. The maximum atomic E-state index is 4.40. The van der Waals surface area contributed by atoms with Crippen molar-refractivity contribution in [3.05, 3.63) is 40.6 Å². The smallest absolute Gasteiger partial charge is 0.0953 e. The van der Waals surface area contributed by atoms with Crippen LogP contribution in [0, 0.1) is 5.92 Å². The fraction of sp³-hybridized carbons (Fsp3) is 0.462. The van der Waals surface area contributed by atoms with Gasteiger partial charge in [0, 0.05) is 17.6 Å². The lowest BCUT2D eigenvalue weighted by atomic mass is 10.2. The molecule has 1 N–H and O–H groups in total. The second kappa shape index (κ2) is 5.98. The minimum absolute atomic E-state index is 0.684. The molecule has 0 saturated carbocycles. The number of thiophene rings is 1. The van der Waals surface area contributed by atoms with E-state index < -0.39 is 0 Å². The van der Waals surface area contributed by atoms with Gasteiger partial charge >= 0.3 is 0 Å². The Hall–Kier alpha value is -1.13. The average Bonchev–Trinajstić information content (AvgIpc) is 2.90. The average molecular weight is 249 g/mol. The van der Waals surface area contributed by atoms with Gasteiger partial charge in [-0.2, -0.15) is 0 Å². The van der Waals surface area contributed by atoms with Crippen LogP contribution in [0.4, 0.5) is 0 Å². The van der Waals surface area contributed by atoms with Gasteiger partial charge in [0.05, 0.1) is 18.6 Å². The minimum atomic E-state index is 0.684. The van der Waals surface area contributed by atoms with Crippen molar-refractivity contribution in [1.29, 1.82) is 0 Å². The lowest BCUT2D eigenvalue weighted by Gasteiger charge is -2.04. The molecular weight excluding hydrogens is 230 g/mol. The third-order valence-electron chi connectivity index (χ3n) is 2.46. The number of hydrogen-bond acceptors (Lipinski definition) is 3. The second-order valence-corrected chi connectivity index (χ2v) is 5.67. The lowest BCUT2D eigenvalue weighted by Crippen LogP contribution is -2.19.